The summed E-state index contributed by atoms with van der Waals surface area (Å²) < 4.78 is 41.6. The highest BCUT2D eigenvalue weighted by Crippen LogP contribution is 2.23. The van der Waals surface area contributed by atoms with Gasteiger partial charge in [0.2, 0.25) is 0 Å². The number of halogens is 4. The summed E-state index contributed by atoms with van der Waals surface area (Å²) in [4.78, 5) is 12.0. The van der Waals surface area contributed by atoms with E-state index in [1.807, 2.05) is 0 Å². The first-order valence-electron chi connectivity index (χ1n) is 5.67. The summed E-state index contributed by atoms with van der Waals surface area (Å²) in [6.07, 6.45) is -0.167. The van der Waals surface area contributed by atoms with Gasteiger partial charge in [-0.25, -0.2) is 13.2 Å². The molecule has 1 aromatic carbocycles. The number of aryl methyl sites for hydroxylation is 2. The van der Waals surface area contributed by atoms with Crippen molar-refractivity contribution in [3.8, 4) is 0 Å². The monoisotopic (exact) mass is 346 g/mol. The summed E-state index contributed by atoms with van der Waals surface area (Å²) in [5.74, 6) is -5.08. The van der Waals surface area contributed by atoms with Crippen LogP contribution >= 0.6 is 15.9 Å². The van der Waals surface area contributed by atoms with Gasteiger partial charge in [-0.05, 0) is 35.0 Å². The van der Waals surface area contributed by atoms with Gasteiger partial charge in [-0.3, -0.25) is 9.48 Å². The number of ketones is 1. The third-order valence-corrected chi connectivity index (χ3v) is 3.96. The maximum Gasteiger partial charge on any atom is 0.195 e. The second-order valence-electron chi connectivity index (χ2n) is 4.29. The summed E-state index contributed by atoms with van der Waals surface area (Å²) >= 11 is 3.28. The summed E-state index contributed by atoms with van der Waals surface area (Å²) in [5.41, 5.74) is 0.743. The lowest BCUT2D eigenvalue weighted by molar-refractivity contribution is 0.0985. The Morgan fingerprint density at radius 3 is 2.50 bits per heavy atom. The van der Waals surface area contributed by atoms with Crippen molar-refractivity contribution < 1.29 is 18.0 Å². The molecule has 1 aromatic heterocycles. The van der Waals surface area contributed by atoms with Crippen LogP contribution in [0.15, 0.2) is 16.6 Å². The molecule has 2 aromatic rings. The summed E-state index contributed by atoms with van der Waals surface area (Å²) in [5, 5.41) is 4.10. The number of nitrogens with zero attached hydrogens (tertiary/aromatic N) is 2. The van der Waals surface area contributed by atoms with Gasteiger partial charge in [0, 0.05) is 7.05 Å². The van der Waals surface area contributed by atoms with Crippen LogP contribution in [0.2, 0.25) is 0 Å². The van der Waals surface area contributed by atoms with Crippen molar-refractivity contribution in [3.05, 3.63) is 51.0 Å². The van der Waals surface area contributed by atoms with E-state index in [-0.39, 0.29) is 6.42 Å². The van der Waals surface area contributed by atoms with E-state index in [2.05, 4.69) is 21.0 Å². The molecule has 0 aliphatic heterocycles. The fraction of sp³-hybridized carbons (Fsp3) is 0.231. The zero-order valence-electron chi connectivity index (χ0n) is 10.7. The molecule has 0 atom stereocenters. The van der Waals surface area contributed by atoms with Crippen molar-refractivity contribution in [1.82, 2.24) is 9.78 Å². The number of aromatic nitrogens is 2. The molecule has 3 nitrogen and oxygen atoms in total. The van der Waals surface area contributed by atoms with Gasteiger partial charge in [-0.1, -0.05) is 0 Å². The SMILES string of the molecule is Cc1nn(C)c(CC(=O)c2ccc(F)c(F)c2F)c1Br. The number of carbonyl (C=O) groups excluding carboxylic acids is 1. The van der Waals surface area contributed by atoms with Crippen molar-refractivity contribution in [2.75, 3.05) is 0 Å². The van der Waals surface area contributed by atoms with E-state index < -0.39 is 28.8 Å². The molecule has 0 unspecified atom stereocenters. The standard InChI is InChI=1S/C13H10BrF3N2O/c1-6-11(14)9(19(2)18-6)5-10(20)7-3-4-8(15)13(17)12(7)16/h3-4H,5H2,1-2H3. The van der Waals surface area contributed by atoms with Gasteiger partial charge >= 0.3 is 0 Å². The van der Waals surface area contributed by atoms with Crippen LogP contribution in [-0.2, 0) is 13.5 Å². The van der Waals surface area contributed by atoms with Gasteiger partial charge in [0.25, 0.3) is 0 Å². The molecule has 0 spiro atoms. The fourth-order valence-corrected chi connectivity index (χ4v) is 2.34. The third-order valence-electron chi connectivity index (χ3n) is 2.93. The summed E-state index contributed by atoms with van der Waals surface area (Å²) in [6.45, 7) is 1.75. The minimum absolute atomic E-state index is 0.167. The van der Waals surface area contributed by atoms with E-state index in [9.17, 15) is 18.0 Å². The largest absolute Gasteiger partial charge is 0.294 e. The van der Waals surface area contributed by atoms with E-state index in [1.165, 1.54) is 4.68 Å². The van der Waals surface area contributed by atoms with E-state index in [4.69, 9.17) is 0 Å². The molecule has 0 aliphatic carbocycles. The Balaban J connectivity index is 2.36. The number of hydrogen-bond acceptors (Lipinski definition) is 2. The van der Waals surface area contributed by atoms with Gasteiger partial charge in [-0.2, -0.15) is 5.10 Å². The molecule has 0 N–H and O–H groups in total. The Kier molecular flexibility index (Phi) is 3.99. The number of rotatable bonds is 3. The number of Topliss-reactive ketones (excluding diaryl/α,β-unsaturated/α-hetero) is 1. The predicted octanol–water partition coefficient (Wildman–Crippen LogP) is 3.33. The maximum atomic E-state index is 13.6. The smallest absolute Gasteiger partial charge is 0.195 e. The lowest BCUT2D eigenvalue weighted by atomic mass is 10.1. The molecular formula is C13H10BrF3N2O. The zero-order valence-corrected chi connectivity index (χ0v) is 12.3. The van der Waals surface area contributed by atoms with Crippen LogP contribution in [-0.4, -0.2) is 15.6 Å². The van der Waals surface area contributed by atoms with Crippen molar-refractivity contribution in [2.45, 2.75) is 13.3 Å². The first kappa shape index (κ1) is 14.8. The zero-order chi connectivity index (χ0) is 15.0. The minimum Gasteiger partial charge on any atom is -0.294 e. The molecule has 0 saturated heterocycles. The molecule has 0 radical (unpaired) electrons. The van der Waals surface area contributed by atoms with E-state index in [0.29, 0.717) is 15.9 Å². The molecule has 2 rings (SSSR count). The topological polar surface area (TPSA) is 34.9 Å². The summed E-state index contributed by atoms with van der Waals surface area (Å²) in [7, 11) is 1.64. The molecule has 0 aliphatic rings. The van der Waals surface area contributed by atoms with Crippen molar-refractivity contribution in [3.63, 3.8) is 0 Å². The average Bonchev–Trinajstić information content (AvgIpc) is 2.62. The van der Waals surface area contributed by atoms with Gasteiger partial charge < -0.3 is 0 Å². The molecule has 0 amide bonds. The Hall–Kier alpha value is -1.63. The quantitative estimate of drug-likeness (QED) is 0.631. The molecule has 0 saturated carbocycles. The molecule has 20 heavy (non-hydrogen) atoms. The molecule has 0 bridgehead atoms. The van der Waals surface area contributed by atoms with Crippen LogP contribution in [0.3, 0.4) is 0 Å². The number of benzene rings is 1. The van der Waals surface area contributed by atoms with Gasteiger partial charge in [-0.15, -0.1) is 0 Å². The molecule has 0 fully saturated rings. The number of hydrogen-bond donors (Lipinski definition) is 0. The van der Waals surface area contributed by atoms with Crippen LogP contribution < -0.4 is 0 Å². The molecule has 7 heteroatoms. The van der Waals surface area contributed by atoms with E-state index in [0.717, 1.165) is 12.1 Å². The lowest BCUT2D eigenvalue weighted by Crippen LogP contribution is -2.11. The van der Waals surface area contributed by atoms with E-state index >= 15 is 0 Å². The number of carbonyl (C=O) groups is 1. The van der Waals surface area contributed by atoms with Crippen LogP contribution in [0, 0.1) is 24.4 Å². The second kappa shape index (κ2) is 5.40. The molecular weight excluding hydrogens is 337 g/mol. The Bertz CT molecular complexity index is 697. The van der Waals surface area contributed by atoms with Crippen molar-refractivity contribution in [2.24, 2.45) is 7.05 Å². The first-order chi connectivity index (χ1) is 9.32. The Morgan fingerprint density at radius 1 is 1.30 bits per heavy atom. The normalized spacial score (nSPS) is 10.9. The first-order valence-corrected chi connectivity index (χ1v) is 6.47. The van der Waals surface area contributed by atoms with Gasteiger partial charge in [0.15, 0.2) is 23.2 Å². The Labute approximate surface area is 121 Å². The molecule has 1 heterocycles. The molecule has 106 valence electrons. The minimum atomic E-state index is -1.64. The Morgan fingerprint density at radius 2 is 1.95 bits per heavy atom. The highest BCUT2D eigenvalue weighted by Gasteiger charge is 2.21. The van der Waals surface area contributed by atoms with Crippen LogP contribution in [0.4, 0.5) is 13.2 Å². The van der Waals surface area contributed by atoms with Gasteiger partial charge in [0.1, 0.15) is 0 Å². The van der Waals surface area contributed by atoms with E-state index in [1.54, 1.807) is 14.0 Å². The van der Waals surface area contributed by atoms with Crippen LogP contribution in [0.1, 0.15) is 21.7 Å². The maximum absolute atomic E-state index is 13.6. The second-order valence-corrected chi connectivity index (χ2v) is 5.09. The highest BCUT2D eigenvalue weighted by atomic mass is 79.9. The van der Waals surface area contributed by atoms with Crippen molar-refractivity contribution in [1.29, 1.82) is 0 Å². The fourth-order valence-electron chi connectivity index (χ4n) is 1.86. The van der Waals surface area contributed by atoms with Crippen LogP contribution in [0.25, 0.3) is 0 Å². The lowest BCUT2D eigenvalue weighted by Gasteiger charge is -2.05. The van der Waals surface area contributed by atoms with Crippen molar-refractivity contribution >= 4 is 21.7 Å². The third kappa shape index (κ3) is 2.49. The predicted molar refractivity (Wildman–Crippen MR) is 70.0 cm³/mol. The average molecular weight is 347 g/mol. The van der Waals surface area contributed by atoms with Crippen LogP contribution in [0.5, 0.6) is 0 Å². The summed E-state index contributed by atoms with van der Waals surface area (Å²) in [6, 6.07) is 1.67. The highest BCUT2D eigenvalue weighted by molar-refractivity contribution is 9.10. The van der Waals surface area contributed by atoms with Gasteiger partial charge in [0.05, 0.1) is 27.8 Å².